The predicted molar refractivity (Wildman–Crippen MR) is 86.2 cm³/mol. The zero-order chi connectivity index (χ0) is 16.9. The molecular weight excluding hydrogens is 312 g/mol. The molecule has 1 N–H and O–H groups in total. The average molecular weight is 327 g/mol. The molecule has 3 nitrogen and oxygen atoms in total. The summed E-state index contributed by atoms with van der Waals surface area (Å²) in [5.74, 6) is -1.03. The quantitative estimate of drug-likeness (QED) is 0.681. The Kier molecular flexibility index (Phi) is 4.70. The molecule has 122 valence electrons. The van der Waals surface area contributed by atoms with Crippen LogP contribution < -0.4 is 0 Å². The molecule has 1 heterocycles. The van der Waals surface area contributed by atoms with Gasteiger partial charge in [-0.15, -0.1) is 0 Å². The first-order valence-electron chi connectivity index (χ1n) is 7.44. The first kappa shape index (κ1) is 15.9. The number of benzene rings is 2. The molecule has 0 spiro atoms. The van der Waals surface area contributed by atoms with Gasteiger partial charge in [0.15, 0.2) is 0 Å². The van der Waals surface area contributed by atoms with Crippen LogP contribution in [-0.2, 0) is 16.0 Å². The van der Waals surface area contributed by atoms with Crippen LogP contribution in [0.15, 0.2) is 60.8 Å². The molecule has 0 aliphatic rings. The molecule has 2 aromatic carbocycles. The predicted octanol–water partition coefficient (Wildman–Crippen LogP) is 4.42. The molecule has 5 heteroatoms. The van der Waals surface area contributed by atoms with Crippen LogP contribution in [0.25, 0.3) is 11.1 Å². The van der Waals surface area contributed by atoms with E-state index >= 15 is 0 Å². The minimum absolute atomic E-state index is 0.155. The van der Waals surface area contributed by atoms with Crippen LogP contribution in [0.3, 0.4) is 0 Å². The molecule has 1 atom stereocenters. The highest BCUT2D eigenvalue weighted by atomic mass is 19.1. The van der Waals surface area contributed by atoms with Gasteiger partial charge < -0.3 is 9.72 Å². The highest BCUT2D eigenvalue weighted by Crippen LogP contribution is 2.28. The summed E-state index contributed by atoms with van der Waals surface area (Å²) < 4.78 is 32.4. The average Bonchev–Trinajstić information content (AvgIpc) is 3.07. The molecule has 0 radical (unpaired) electrons. The Balaban J connectivity index is 1.89. The van der Waals surface area contributed by atoms with Crippen LogP contribution >= 0.6 is 0 Å². The van der Waals surface area contributed by atoms with E-state index in [0.29, 0.717) is 24.2 Å². The number of ether oxygens (including phenoxy) is 1. The first-order valence-corrected chi connectivity index (χ1v) is 7.44. The number of nitrogens with one attached hydrogen (secondary N) is 1. The van der Waals surface area contributed by atoms with Gasteiger partial charge in [-0.2, -0.15) is 0 Å². The van der Waals surface area contributed by atoms with Crippen molar-refractivity contribution in [2.24, 2.45) is 0 Å². The van der Waals surface area contributed by atoms with Crippen molar-refractivity contribution < 1.29 is 18.3 Å². The van der Waals surface area contributed by atoms with E-state index < -0.39 is 17.7 Å². The summed E-state index contributed by atoms with van der Waals surface area (Å²) in [6.07, 6.45) is 1.51. The van der Waals surface area contributed by atoms with Gasteiger partial charge in [0, 0.05) is 23.7 Å². The molecule has 0 saturated carbocycles. The van der Waals surface area contributed by atoms with Gasteiger partial charge in [-0.3, -0.25) is 4.79 Å². The zero-order valence-corrected chi connectivity index (χ0v) is 12.7. The lowest BCUT2D eigenvalue weighted by atomic mass is 10.0. The number of aromatic amines is 1. The maximum atomic E-state index is 13.9. The van der Waals surface area contributed by atoms with E-state index in [4.69, 9.17) is 4.74 Å². The van der Waals surface area contributed by atoms with E-state index in [1.165, 1.54) is 0 Å². The number of carbonyl (C=O) groups excluding carboxylic acids is 1. The number of aromatic nitrogens is 1. The lowest BCUT2D eigenvalue weighted by molar-refractivity contribution is -0.134. The van der Waals surface area contributed by atoms with Crippen LogP contribution in [0, 0.1) is 11.6 Å². The number of rotatable bonds is 6. The molecular formula is C19H15F2NO2. The van der Waals surface area contributed by atoms with Gasteiger partial charge in [0.05, 0.1) is 5.69 Å². The van der Waals surface area contributed by atoms with Crippen molar-refractivity contribution in [3.63, 3.8) is 0 Å². The van der Waals surface area contributed by atoms with E-state index in [1.807, 2.05) is 30.3 Å². The molecule has 0 saturated heterocycles. The summed E-state index contributed by atoms with van der Waals surface area (Å²) in [5.41, 5.74) is 2.26. The van der Waals surface area contributed by atoms with E-state index in [0.717, 1.165) is 23.8 Å². The fourth-order valence-electron chi connectivity index (χ4n) is 2.60. The summed E-state index contributed by atoms with van der Waals surface area (Å²) >= 11 is 0. The van der Waals surface area contributed by atoms with E-state index in [9.17, 15) is 13.6 Å². The fourth-order valence-corrected chi connectivity index (χ4v) is 2.60. The molecule has 1 aromatic heterocycles. The third-order valence-corrected chi connectivity index (χ3v) is 3.78. The molecule has 0 amide bonds. The Bertz CT molecular complexity index is 830. The molecule has 0 bridgehead atoms. The Morgan fingerprint density at radius 1 is 1.08 bits per heavy atom. The summed E-state index contributed by atoms with van der Waals surface area (Å²) in [5, 5.41) is 0. The van der Waals surface area contributed by atoms with Crippen LogP contribution in [-0.4, -0.2) is 11.5 Å². The van der Waals surface area contributed by atoms with Gasteiger partial charge in [0.25, 0.3) is 6.47 Å². The van der Waals surface area contributed by atoms with Crippen molar-refractivity contribution in [2.45, 2.75) is 12.5 Å². The normalized spacial score (nSPS) is 11.9. The van der Waals surface area contributed by atoms with Gasteiger partial charge in [-0.05, 0) is 29.8 Å². The zero-order valence-electron chi connectivity index (χ0n) is 12.7. The summed E-state index contributed by atoms with van der Waals surface area (Å²) in [6.45, 7) is 0.386. The summed E-state index contributed by atoms with van der Waals surface area (Å²) in [7, 11) is 0. The number of hydrogen-bond donors (Lipinski definition) is 1. The van der Waals surface area contributed by atoms with Gasteiger partial charge in [-0.1, -0.05) is 30.3 Å². The molecule has 24 heavy (non-hydrogen) atoms. The van der Waals surface area contributed by atoms with Gasteiger partial charge in [0.2, 0.25) is 0 Å². The van der Waals surface area contributed by atoms with Crippen molar-refractivity contribution in [3.05, 3.63) is 83.7 Å². The third kappa shape index (κ3) is 3.51. The maximum absolute atomic E-state index is 13.9. The van der Waals surface area contributed by atoms with Gasteiger partial charge in [-0.25, -0.2) is 8.78 Å². The van der Waals surface area contributed by atoms with Crippen molar-refractivity contribution in [1.82, 2.24) is 4.98 Å². The number of carbonyl (C=O) groups is 1. The Morgan fingerprint density at radius 3 is 2.62 bits per heavy atom. The molecule has 3 aromatic rings. The van der Waals surface area contributed by atoms with Gasteiger partial charge in [0.1, 0.15) is 17.7 Å². The van der Waals surface area contributed by atoms with Crippen molar-refractivity contribution >= 4 is 6.47 Å². The summed E-state index contributed by atoms with van der Waals surface area (Å²) in [6, 6.07) is 14.5. The topological polar surface area (TPSA) is 42.1 Å². The van der Waals surface area contributed by atoms with Crippen LogP contribution in [0.5, 0.6) is 0 Å². The first-order chi connectivity index (χ1) is 11.7. The third-order valence-electron chi connectivity index (χ3n) is 3.78. The maximum Gasteiger partial charge on any atom is 0.293 e. The Hall–Kier alpha value is -2.95. The van der Waals surface area contributed by atoms with E-state index in [2.05, 4.69) is 4.98 Å². The fraction of sp³-hybridized carbons (Fsp3) is 0.105. The molecule has 0 aliphatic carbocycles. The second-order valence-corrected chi connectivity index (χ2v) is 5.38. The molecule has 1 unspecified atom stereocenters. The van der Waals surface area contributed by atoms with Gasteiger partial charge >= 0.3 is 0 Å². The second-order valence-electron chi connectivity index (χ2n) is 5.38. The smallest absolute Gasteiger partial charge is 0.293 e. The minimum atomic E-state index is -0.532. The Morgan fingerprint density at radius 2 is 1.88 bits per heavy atom. The van der Waals surface area contributed by atoms with Crippen LogP contribution in [0.4, 0.5) is 8.78 Å². The standard InChI is InChI=1S/C19H15F2NO2/c20-15-6-7-17(21)16(10-15)14-9-18(22-11-14)19(24-12-23)8-13-4-2-1-3-5-13/h1-7,9-12,19,22H,8H2. The van der Waals surface area contributed by atoms with Crippen molar-refractivity contribution in [1.29, 1.82) is 0 Å². The molecule has 3 rings (SSSR count). The highest BCUT2D eigenvalue weighted by Gasteiger charge is 2.17. The second kappa shape index (κ2) is 7.08. The van der Waals surface area contributed by atoms with Crippen LogP contribution in [0.2, 0.25) is 0 Å². The SMILES string of the molecule is O=COC(Cc1ccccc1)c1cc(-c2cc(F)ccc2F)c[nH]1. The van der Waals surface area contributed by atoms with E-state index in [1.54, 1.807) is 12.3 Å². The Labute approximate surface area is 137 Å². The minimum Gasteiger partial charge on any atom is -0.458 e. The number of hydrogen-bond acceptors (Lipinski definition) is 2. The highest BCUT2D eigenvalue weighted by molar-refractivity contribution is 5.64. The number of H-pyrrole nitrogens is 1. The largest absolute Gasteiger partial charge is 0.458 e. The monoisotopic (exact) mass is 327 g/mol. The lowest BCUT2D eigenvalue weighted by Gasteiger charge is -2.13. The summed E-state index contributed by atoms with van der Waals surface area (Å²) in [4.78, 5) is 13.8. The van der Waals surface area contributed by atoms with E-state index in [-0.39, 0.29) is 5.56 Å². The molecule has 0 fully saturated rings. The van der Waals surface area contributed by atoms with Crippen LogP contribution in [0.1, 0.15) is 17.4 Å². The van der Waals surface area contributed by atoms with Crippen molar-refractivity contribution in [2.75, 3.05) is 0 Å². The number of halogens is 2. The molecule has 0 aliphatic heterocycles. The lowest BCUT2D eigenvalue weighted by Crippen LogP contribution is -2.07. The van der Waals surface area contributed by atoms with Crippen molar-refractivity contribution in [3.8, 4) is 11.1 Å².